The van der Waals surface area contributed by atoms with Crippen LogP contribution in [0, 0.1) is 11.6 Å². The van der Waals surface area contributed by atoms with Crippen LogP contribution in [0.1, 0.15) is 15.9 Å². The van der Waals surface area contributed by atoms with Gasteiger partial charge < -0.3 is 10.1 Å². The number of urea groups is 1. The number of fused-ring (bicyclic) bond motifs is 1. The van der Waals surface area contributed by atoms with Crippen LogP contribution in [-0.4, -0.2) is 11.9 Å². The molecule has 0 heterocycles. The fraction of sp³-hybridized carbons (Fsp3) is 0.0400. The van der Waals surface area contributed by atoms with Gasteiger partial charge in [0.15, 0.2) is 0 Å². The Labute approximate surface area is 205 Å². The first kappa shape index (κ1) is 24.9. The maximum absolute atomic E-state index is 13.7. The monoisotopic (exact) mass is 520 g/mol. The maximum Gasteiger partial charge on any atom is 0.418 e. The van der Waals surface area contributed by atoms with Gasteiger partial charge in [0.25, 0.3) is 5.91 Å². The first-order valence-electron chi connectivity index (χ1n) is 10.2. The normalized spacial score (nSPS) is 11.3. The van der Waals surface area contributed by atoms with Gasteiger partial charge in [0, 0.05) is 16.5 Å². The molecule has 4 aromatic rings. The number of carbonyl (C=O) groups excluding carboxylic acids is 2. The van der Waals surface area contributed by atoms with E-state index in [1.54, 1.807) is 18.2 Å². The Bertz CT molecular complexity index is 1450. The summed E-state index contributed by atoms with van der Waals surface area (Å²) in [5.41, 5.74) is -1.80. The summed E-state index contributed by atoms with van der Waals surface area (Å²) in [6, 6.07) is 14.2. The number of halogens is 6. The van der Waals surface area contributed by atoms with E-state index in [4.69, 9.17) is 16.3 Å². The van der Waals surface area contributed by atoms with Crippen LogP contribution in [0.5, 0.6) is 11.5 Å². The maximum atomic E-state index is 13.7. The Morgan fingerprint density at radius 1 is 0.833 bits per heavy atom. The first-order valence-corrected chi connectivity index (χ1v) is 10.5. The zero-order chi connectivity index (χ0) is 26.0. The second-order valence-electron chi connectivity index (χ2n) is 7.41. The summed E-state index contributed by atoms with van der Waals surface area (Å²) in [6.07, 6.45) is -4.70. The lowest BCUT2D eigenvalue weighted by atomic mass is 10.1. The first-order chi connectivity index (χ1) is 17.0. The lowest BCUT2D eigenvalue weighted by Crippen LogP contribution is -2.35. The number of amides is 3. The fourth-order valence-electron chi connectivity index (χ4n) is 3.37. The van der Waals surface area contributed by atoms with Crippen LogP contribution in [0.15, 0.2) is 72.8 Å². The summed E-state index contributed by atoms with van der Waals surface area (Å²) in [5, 5.41) is 4.18. The predicted octanol–water partition coefficient (Wildman–Crippen LogP) is 7.54. The molecule has 0 atom stereocenters. The van der Waals surface area contributed by atoms with E-state index in [1.807, 2.05) is 5.32 Å². The molecule has 0 spiro atoms. The van der Waals surface area contributed by atoms with Crippen molar-refractivity contribution in [3.8, 4) is 11.5 Å². The summed E-state index contributed by atoms with van der Waals surface area (Å²) < 4.78 is 73.4. The average molecular weight is 521 g/mol. The Hall–Kier alpha value is -4.18. The molecular formula is C25H14ClF5N2O3. The van der Waals surface area contributed by atoms with Crippen LogP contribution in [0.4, 0.5) is 32.4 Å². The third-order valence-electron chi connectivity index (χ3n) is 5.00. The number of alkyl halides is 3. The van der Waals surface area contributed by atoms with Gasteiger partial charge in [0.1, 0.15) is 28.7 Å². The molecule has 0 unspecified atom stereocenters. The summed E-state index contributed by atoms with van der Waals surface area (Å²) in [7, 11) is 0. The zero-order valence-corrected chi connectivity index (χ0v) is 18.7. The van der Waals surface area contributed by atoms with E-state index in [-0.39, 0.29) is 22.6 Å². The molecule has 4 aromatic carbocycles. The van der Waals surface area contributed by atoms with Crippen molar-refractivity contribution in [2.24, 2.45) is 0 Å². The average Bonchev–Trinajstić information content (AvgIpc) is 2.81. The number of hydrogen-bond donors (Lipinski definition) is 2. The molecule has 0 bridgehead atoms. The highest BCUT2D eigenvalue weighted by Crippen LogP contribution is 2.43. The van der Waals surface area contributed by atoms with E-state index in [0.29, 0.717) is 5.39 Å². The van der Waals surface area contributed by atoms with Crippen molar-refractivity contribution in [3.05, 3.63) is 101 Å². The molecule has 36 heavy (non-hydrogen) atoms. The van der Waals surface area contributed by atoms with E-state index in [9.17, 15) is 31.5 Å². The number of nitrogens with one attached hydrogen (secondary N) is 2. The van der Waals surface area contributed by atoms with Crippen molar-refractivity contribution in [2.45, 2.75) is 6.18 Å². The van der Waals surface area contributed by atoms with E-state index < -0.39 is 45.9 Å². The Balaban J connectivity index is 1.50. The van der Waals surface area contributed by atoms with Crippen LogP contribution in [0.25, 0.3) is 10.8 Å². The van der Waals surface area contributed by atoms with Gasteiger partial charge in [-0.3, -0.25) is 10.1 Å². The van der Waals surface area contributed by atoms with Crippen molar-refractivity contribution < 1.29 is 36.3 Å². The highest BCUT2D eigenvalue weighted by molar-refractivity contribution is 6.36. The third kappa shape index (κ3) is 5.23. The summed E-state index contributed by atoms with van der Waals surface area (Å²) in [5.74, 6) is -3.49. The molecule has 11 heteroatoms. The van der Waals surface area contributed by atoms with E-state index in [1.165, 1.54) is 30.3 Å². The lowest BCUT2D eigenvalue weighted by Gasteiger charge is -2.16. The SMILES string of the molecule is O=C(NC(=O)c1c(F)cccc1F)Nc1ccc(Oc2cc(C(F)(F)F)c(Cl)c3ccccc23)cc1. The van der Waals surface area contributed by atoms with Gasteiger partial charge in [-0.2, -0.15) is 13.2 Å². The topological polar surface area (TPSA) is 67.4 Å². The second-order valence-corrected chi connectivity index (χ2v) is 7.79. The molecule has 3 amide bonds. The van der Waals surface area contributed by atoms with E-state index in [0.717, 1.165) is 24.3 Å². The number of ether oxygens (including phenoxy) is 1. The Kier molecular flexibility index (Phi) is 6.80. The van der Waals surface area contributed by atoms with Crippen molar-refractivity contribution >= 4 is 40.0 Å². The van der Waals surface area contributed by atoms with Gasteiger partial charge in [-0.25, -0.2) is 13.6 Å². The van der Waals surface area contributed by atoms with Gasteiger partial charge in [-0.05, 0) is 42.5 Å². The molecule has 0 fully saturated rings. The van der Waals surface area contributed by atoms with Crippen molar-refractivity contribution in [3.63, 3.8) is 0 Å². The molecule has 0 saturated heterocycles. The van der Waals surface area contributed by atoms with Crippen LogP contribution in [-0.2, 0) is 6.18 Å². The molecule has 0 radical (unpaired) electrons. The number of anilines is 1. The zero-order valence-electron chi connectivity index (χ0n) is 17.9. The predicted molar refractivity (Wildman–Crippen MR) is 123 cm³/mol. The standard InChI is InChI=1S/C25H14ClF5N2O3/c26-22-16-5-2-1-4-15(16)20(12-17(22)25(29,30)31)36-14-10-8-13(9-11-14)32-24(35)33-23(34)21-18(27)6-3-7-19(21)28/h1-12H,(H2,32,33,34,35). The summed E-state index contributed by atoms with van der Waals surface area (Å²) in [6.45, 7) is 0. The molecule has 0 aliphatic heterocycles. The smallest absolute Gasteiger partial charge is 0.418 e. The van der Waals surface area contributed by atoms with Crippen LogP contribution in [0.3, 0.4) is 0 Å². The van der Waals surface area contributed by atoms with Crippen LogP contribution >= 0.6 is 11.6 Å². The minimum Gasteiger partial charge on any atom is -0.457 e. The largest absolute Gasteiger partial charge is 0.457 e. The van der Waals surface area contributed by atoms with Crippen molar-refractivity contribution in [2.75, 3.05) is 5.32 Å². The van der Waals surface area contributed by atoms with Crippen molar-refractivity contribution in [1.82, 2.24) is 5.32 Å². The van der Waals surface area contributed by atoms with E-state index >= 15 is 0 Å². The van der Waals surface area contributed by atoms with Crippen molar-refractivity contribution in [1.29, 1.82) is 0 Å². The Morgan fingerprint density at radius 3 is 2.06 bits per heavy atom. The minimum atomic E-state index is -4.70. The van der Waals surface area contributed by atoms with Gasteiger partial charge in [-0.15, -0.1) is 0 Å². The number of benzene rings is 4. The van der Waals surface area contributed by atoms with Gasteiger partial charge in [0.2, 0.25) is 0 Å². The highest BCUT2D eigenvalue weighted by atomic mass is 35.5. The molecule has 5 nitrogen and oxygen atoms in total. The molecule has 4 rings (SSSR count). The number of carbonyl (C=O) groups is 2. The number of imide groups is 1. The highest BCUT2D eigenvalue weighted by Gasteiger charge is 2.35. The van der Waals surface area contributed by atoms with Gasteiger partial charge in [-0.1, -0.05) is 41.9 Å². The van der Waals surface area contributed by atoms with Crippen LogP contribution < -0.4 is 15.4 Å². The molecule has 0 aliphatic rings. The molecular weight excluding hydrogens is 507 g/mol. The minimum absolute atomic E-state index is 0.0849. The Morgan fingerprint density at radius 2 is 1.44 bits per heavy atom. The summed E-state index contributed by atoms with van der Waals surface area (Å²) in [4.78, 5) is 24.1. The molecule has 0 saturated carbocycles. The molecule has 0 aromatic heterocycles. The number of hydrogen-bond acceptors (Lipinski definition) is 3. The quantitative estimate of drug-likeness (QED) is 0.273. The number of rotatable bonds is 4. The fourth-order valence-corrected chi connectivity index (χ4v) is 3.70. The van der Waals surface area contributed by atoms with Crippen LogP contribution in [0.2, 0.25) is 5.02 Å². The van der Waals surface area contributed by atoms with Gasteiger partial charge in [0.05, 0.1) is 10.6 Å². The second kappa shape index (κ2) is 9.82. The third-order valence-corrected chi connectivity index (χ3v) is 5.41. The lowest BCUT2D eigenvalue weighted by molar-refractivity contribution is -0.137. The van der Waals surface area contributed by atoms with E-state index in [2.05, 4.69) is 5.32 Å². The molecule has 2 N–H and O–H groups in total. The molecule has 0 aliphatic carbocycles. The summed E-state index contributed by atoms with van der Waals surface area (Å²) >= 11 is 5.98. The van der Waals surface area contributed by atoms with Gasteiger partial charge >= 0.3 is 12.2 Å². The molecule has 184 valence electrons.